The summed E-state index contributed by atoms with van der Waals surface area (Å²) in [6.45, 7) is -0.135. The third-order valence-electron chi connectivity index (χ3n) is 3.07. The summed E-state index contributed by atoms with van der Waals surface area (Å²) in [6.07, 6.45) is 2.65. The Morgan fingerprint density at radius 3 is 3.09 bits per heavy atom. The van der Waals surface area contributed by atoms with Crippen molar-refractivity contribution < 1.29 is 9.53 Å². The van der Waals surface area contributed by atoms with Crippen molar-refractivity contribution in [1.82, 2.24) is 19.7 Å². The summed E-state index contributed by atoms with van der Waals surface area (Å²) >= 11 is 5.73. The van der Waals surface area contributed by atoms with Crippen molar-refractivity contribution in [3.05, 3.63) is 58.3 Å². The van der Waals surface area contributed by atoms with Crippen molar-refractivity contribution in [2.45, 2.75) is 12.6 Å². The van der Waals surface area contributed by atoms with E-state index in [-0.39, 0.29) is 12.3 Å². The second kappa shape index (κ2) is 5.98. The van der Waals surface area contributed by atoms with Crippen LogP contribution >= 0.6 is 11.6 Å². The van der Waals surface area contributed by atoms with Crippen molar-refractivity contribution in [3.63, 3.8) is 0 Å². The molecule has 0 amide bonds. The van der Waals surface area contributed by atoms with Crippen LogP contribution in [-0.2, 0) is 17.3 Å². The summed E-state index contributed by atoms with van der Waals surface area (Å²) in [6, 6.07) is 6.86. The molecular formula is C14H11ClN4O3. The van der Waals surface area contributed by atoms with E-state index in [0.717, 1.165) is 5.56 Å². The van der Waals surface area contributed by atoms with Crippen LogP contribution in [0.15, 0.2) is 41.6 Å². The van der Waals surface area contributed by atoms with Gasteiger partial charge in [0, 0.05) is 5.88 Å². The molecule has 0 bridgehead atoms. The van der Waals surface area contributed by atoms with Gasteiger partial charge in [0.25, 0.3) is 5.56 Å². The van der Waals surface area contributed by atoms with Crippen LogP contribution in [0, 0.1) is 0 Å². The lowest BCUT2D eigenvalue weighted by Crippen LogP contribution is -2.12. The second-order valence-corrected chi connectivity index (χ2v) is 4.78. The van der Waals surface area contributed by atoms with Gasteiger partial charge in [-0.1, -0.05) is 12.1 Å². The van der Waals surface area contributed by atoms with Crippen LogP contribution < -0.4 is 5.56 Å². The number of carbonyl (C=O) groups is 1. The first-order valence-corrected chi connectivity index (χ1v) is 6.93. The molecule has 0 spiro atoms. The highest BCUT2D eigenvalue weighted by atomic mass is 35.5. The fourth-order valence-electron chi connectivity index (χ4n) is 1.98. The molecule has 2 heterocycles. The number of rotatable bonds is 4. The number of hydrogen-bond donors (Lipinski definition) is 1. The van der Waals surface area contributed by atoms with Gasteiger partial charge in [0.2, 0.25) is 0 Å². The van der Waals surface area contributed by atoms with Crippen molar-refractivity contribution in [3.8, 4) is 0 Å². The van der Waals surface area contributed by atoms with Crippen molar-refractivity contribution in [1.29, 1.82) is 0 Å². The number of aromatic amines is 1. The number of nitrogens with zero attached hydrogens (tertiary/aromatic N) is 3. The molecular weight excluding hydrogens is 308 g/mol. The topological polar surface area (TPSA) is 89.9 Å². The summed E-state index contributed by atoms with van der Waals surface area (Å²) in [5.41, 5.74) is 1.29. The molecule has 112 valence electrons. The fraction of sp³-hybridized carbons (Fsp3) is 0.143. The fourth-order valence-corrected chi connectivity index (χ4v) is 2.15. The van der Waals surface area contributed by atoms with Crippen molar-refractivity contribution in [2.75, 3.05) is 0 Å². The Balaban J connectivity index is 1.77. The number of esters is 1. The maximum atomic E-state index is 12.0. The lowest BCUT2D eigenvalue weighted by molar-refractivity contribution is 0.0357. The molecule has 0 fully saturated rings. The standard InChI is InChI=1S/C14H11ClN4O3/c15-5-9-2-1-3-10(4-9)14(21)22-8-19-12-11(6-18-19)13(20)17-7-16-12/h1-4,6-7H,5,8H2,(H,16,17,20). The Bertz CT molecular complexity index is 887. The number of hydrogen-bond acceptors (Lipinski definition) is 5. The van der Waals surface area contributed by atoms with E-state index >= 15 is 0 Å². The molecule has 0 unspecified atom stereocenters. The number of nitrogens with one attached hydrogen (secondary N) is 1. The quantitative estimate of drug-likeness (QED) is 0.584. The minimum atomic E-state index is -0.500. The highest BCUT2D eigenvalue weighted by Crippen LogP contribution is 2.10. The molecule has 1 N–H and O–H groups in total. The van der Waals surface area contributed by atoms with Crippen LogP contribution in [0.3, 0.4) is 0 Å². The molecule has 22 heavy (non-hydrogen) atoms. The van der Waals surface area contributed by atoms with Gasteiger partial charge in [-0.2, -0.15) is 5.10 Å². The summed E-state index contributed by atoms with van der Waals surface area (Å²) in [4.78, 5) is 30.0. The number of H-pyrrole nitrogens is 1. The summed E-state index contributed by atoms with van der Waals surface area (Å²) in [5, 5.41) is 4.33. The molecule has 3 aromatic rings. The Morgan fingerprint density at radius 2 is 2.27 bits per heavy atom. The van der Waals surface area contributed by atoms with Crippen LogP contribution in [-0.4, -0.2) is 25.7 Å². The normalized spacial score (nSPS) is 10.8. The van der Waals surface area contributed by atoms with Crippen LogP contribution in [0.5, 0.6) is 0 Å². The maximum Gasteiger partial charge on any atom is 0.339 e. The summed E-state index contributed by atoms with van der Waals surface area (Å²) < 4.78 is 6.53. The number of aromatic nitrogens is 4. The first-order chi connectivity index (χ1) is 10.7. The number of fused-ring (bicyclic) bond motifs is 1. The average molecular weight is 319 g/mol. The first kappa shape index (κ1) is 14.3. The van der Waals surface area contributed by atoms with Gasteiger partial charge in [-0.05, 0) is 17.7 Å². The van der Waals surface area contributed by atoms with Gasteiger partial charge in [0.15, 0.2) is 12.4 Å². The van der Waals surface area contributed by atoms with Crippen LogP contribution in [0.25, 0.3) is 11.0 Å². The third kappa shape index (κ3) is 2.71. The smallest absolute Gasteiger partial charge is 0.339 e. The lowest BCUT2D eigenvalue weighted by atomic mass is 10.1. The van der Waals surface area contributed by atoms with Gasteiger partial charge in [-0.25, -0.2) is 14.5 Å². The molecule has 0 saturated carbocycles. The van der Waals surface area contributed by atoms with E-state index < -0.39 is 5.97 Å². The van der Waals surface area contributed by atoms with Crippen LogP contribution in [0.1, 0.15) is 15.9 Å². The minimum absolute atomic E-state index is 0.135. The van der Waals surface area contributed by atoms with Crippen molar-refractivity contribution in [2.24, 2.45) is 0 Å². The molecule has 8 heteroatoms. The van der Waals surface area contributed by atoms with Crippen LogP contribution in [0.4, 0.5) is 0 Å². The highest BCUT2D eigenvalue weighted by Gasteiger charge is 2.11. The molecule has 0 aliphatic carbocycles. The predicted octanol–water partition coefficient (Wildman–Crippen LogP) is 1.67. The van der Waals surface area contributed by atoms with E-state index in [0.29, 0.717) is 22.5 Å². The minimum Gasteiger partial charge on any atom is -0.439 e. The van der Waals surface area contributed by atoms with Gasteiger partial charge in [-0.3, -0.25) is 4.79 Å². The first-order valence-electron chi connectivity index (χ1n) is 6.40. The molecule has 3 rings (SSSR count). The molecule has 0 atom stereocenters. The molecule has 0 saturated heterocycles. The monoisotopic (exact) mass is 318 g/mol. The molecule has 0 aliphatic heterocycles. The summed E-state index contributed by atoms with van der Waals surface area (Å²) in [7, 11) is 0. The highest BCUT2D eigenvalue weighted by molar-refractivity contribution is 6.17. The molecule has 7 nitrogen and oxygen atoms in total. The zero-order chi connectivity index (χ0) is 15.5. The Labute approximate surface area is 129 Å². The Morgan fingerprint density at radius 1 is 1.41 bits per heavy atom. The second-order valence-electron chi connectivity index (χ2n) is 4.51. The maximum absolute atomic E-state index is 12.0. The van der Waals surface area contributed by atoms with Crippen molar-refractivity contribution >= 4 is 28.6 Å². The van der Waals surface area contributed by atoms with E-state index in [1.807, 2.05) is 6.07 Å². The van der Waals surface area contributed by atoms with E-state index in [4.69, 9.17) is 16.3 Å². The Kier molecular flexibility index (Phi) is 3.88. The predicted molar refractivity (Wildman–Crippen MR) is 79.6 cm³/mol. The van der Waals surface area contributed by atoms with Gasteiger partial charge in [0.1, 0.15) is 5.39 Å². The molecule has 1 aromatic carbocycles. The SMILES string of the molecule is O=C(OCn1ncc2c(=O)[nH]cnc21)c1cccc(CCl)c1. The van der Waals surface area contributed by atoms with Gasteiger partial charge in [-0.15, -0.1) is 11.6 Å². The van der Waals surface area contributed by atoms with Gasteiger partial charge >= 0.3 is 5.97 Å². The molecule has 0 aliphatic rings. The Hall–Kier alpha value is -2.67. The summed E-state index contributed by atoms with van der Waals surface area (Å²) in [5.74, 6) is -0.183. The lowest BCUT2D eigenvalue weighted by Gasteiger charge is -2.06. The number of carbonyl (C=O) groups excluding carboxylic acids is 1. The number of alkyl halides is 1. The van der Waals surface area contributed by atoms with E-state index in [1.165, 1.54) is 17.2 Å². The largest absolute Gasteiger partial charge is 0.439 e. The van der Waals surface area contributed by atoms with Gasteiger partial charge < -0.3 is 9.72 Å². The number of benzene rings is 1. The van der Waals surface area contributed by atoms with Crippen LogP contribution in [0.2, 0.25) is 0 Å². The number of ether oxygens (including phenoxy) is 1. The van der Waals surface area contributed by atoms with E-state index in [2.05, 4.69) is 15.1 Å². The molecule has 0 radical (unpaired) electrons. The average Bonchev–Trinajstić information content (AvgIpc) is 2.97. The number of halogens is 1. The van der Waals surface area contributed by atoms with Gasteiger partial charge in [0.05, 0.1) is 18.1 Å². The zero-order valence-electron chi connectivity index (χ0n) is 11.3. The zero-order valence-corrected chi connectivity index (χ0v) is 12.1. The van der Waals surface area contributed by atoms with E-state index in [9.17, 15) is 9.59 Å². The van der Waals surface area contributed by atoms with E-state index in [1.54, 1.807) is 18.2 Å². The third-order valence-corrected chi connectivity index (χ3v) is 3.38. The molecule has 2 aromatic heterocycles.